The lowest BCUT2D eigenvalue weighted by atomic mass is 9.92. The lowest BCUT2D eigenvalue weighted by Gasteiger charge is -2.32. The van der Waals surface area contributed by atoms with Crippen molar-refractivity contribution in [2.45, 2.75) is 20.3 Å². The number of nitrogens with two attached hydrogens (primary N) is 1. The van der Waals surface area contributed by atoms with Crippen LogP contribution in [0, 0.1) is 11.3 Å². The van der Waals surface area contributed by atoms with Crippen molar-refractivity contribution in [1.29, 1.82) is 0 Å². The maximum absolute atomic E-state index is 11.8. The van der Waals surface area contributed by atoms with Crippen LogP contribution in [0.15, 0.2) is 0 Å². The van der Waals surface area contributed by atoms with E-state index in [1.807, 2.05) is 14.1 Å². The fourth-order valence-corrected chi connectivity index (χ4v) is 2.54. The summed E-state index contributed by atoms with van der Waals surface area (Å²) in [4.78, 5) is 26.7. The van der Waals surface area contributed by atoms with Gasteiger partial charge in [0.2, 0.25) is 11.8 Å². The van der Waals surface area contributed by atoms with E-state index in [1.54, 1.807) is 4.90 Å². The van der Waals surface area contributed by atoms with E-state index in [1.165, 1.54) is 0 Å². The van der Waals surface area contributed by atoms with Gasteiger partial charge in [0.25, 0.3) is 0 Å². The van der Waals surface area contributed by atoms with Crippen LogP contribution in [-0.2, 0) is 9.59 Å². The quantitative estimate of drug-likeness (QED) is 0.731. The van der Waals surface area contributed by atoms with Gasteiger partial charge in [0.1, 0.15) is 0 Å². The van der Waals surface area contributed by atoms with Crippen LogP contribution in [-0.4, -0.2) is 55.3 Å². The highest BCUT2D eigenvalue weighted by atomic mass is 16.2. The number of carbonyl (C=O) groups is 2. The van der Waals surface area contributed by atoms with E-state index in [2.05, 4.69) is 18.7 Å². The van der Waals surface area contributed by atoms with Gasteiger partial charge in [0.15, 0.2) is 0 Å². The minimum Gasteiger partial charge on any atom is -0.369 e. The molecule has 5 heteroatoms. The summed E-state index contributed by atoms with van der Waals surface area (Å²) in [6.07, 6.45) is 0.271. The topological polar surface area (TPSA) is 66.6 Å². The van der Waals surface area contributed by atoms with Gasteiger partial charge >= 0.3 is 0 Å². The standard InChI is InChI=1S/C12H23N3O2/c1-12(2,7-14(3)4)8-15-6-9(11(13)17)5-10(15)16/h9H,5-8H2,1-4H3,(H2,13,17). The molecule has 5 nitrogen and oxygen atoms in total. The molecule has 1 aliphatic rings. The molecule has 17 heavy (non-hydrogen) atoms. The number of amides is 2. The average molecular weight is 241 g/mol. The van der Waals surface area contributed by atoms with E-state index >= 15 is 0 Å². The molecule has 0 aromatic carbocycles. The zero-order valence-corrected chi connectivity index (χ0v) is 11.2. The van der Waals surface area contributed by atoms with Crippen molar-refractivity contribution >= 4 is 11.8 Å². The van der Waals surface area contributed by atoms with Crippen LogP contribution < -0.4 is 5.73 Å². The normalized spacial score (nSPS) is 21.4. The zero-order valence-electron chi connectivity index (χ0n) is 11.2. The molecular weight excluding hydrogens is 218 g/mol. The van der Waals surface area contributed by atoms with Crippen molar-refractivity contribution in [1.82, 2.24) is 9.80 Å². The van der Waals surface area contributed by atoms with Crippen LogP contribution in [0.25, 0.3) is 0 Å². The molecule has 0 aliphatic carbocycles. The van der Waals surface area contributed by atoms with Gasteiger partial charge in [-0.2, -0.15) is 0 Å². The highest BCUT2D eigenvalue weighted by Crippen LogP contribution is 2.24. The van der Waals surface area contributed by atoms with Crippen molar-refractivity contribution in [3.05, 3.63) is 0 Å². The van der Waals surface area contributed by atoms with E-state index in [0.717, 1.165) is 6.54 Å². The molecule has 1 heterocycles. The summed E-state index contributed by atoms with van der Waals surface area (Å²) >= 11 is 0. The number of primary amides is 1. The molecule has 1 unspecified atom stereocenters. The Morgan fingerprint density at radius 3 is 2.53 bits per heavy atom. The van der Waals surface area contributed by atoms with Gasteiger partial charge in [-0.15, -0.1) is 0 Å². The first-order chi connectivity index (χ1) is 7.71. The summed E-state index contributed by atoms with van der Waals surface area (Å²) in [7, 11) is 4.03. The molecule has 0 bridgehead atoms. The summed E-state index contributed by atoms with van der Waals surface area (Å²) in [5, 5.41) is 0. The molecule has 1 aliphatic heterocycles. The van der Waals surface area contributed by atoms with Crippen LogP contribution >= 0.6 is 0 Å². The van der Waals surface area contributed by atoms with Gasteiger partial charge in [-0.25, -0.2) is 0 Å². The monoisotopic (exact) mass is 241 g/mol. The fourth-order valence-electron chi connectivity index (χ4n) is 2.54. The minimum absolute atomic E-state index is 0.0195. The highest BCUT2D eigenvalue weighted by Gasteiger charge is 2.35. The Kier molecular flexibility index (Phi) is 4.14. The minimum atomic E-state index is -0.369. The summed E-state index contributed by atoms with van der Waals surface area (Å²) in [6.45, 7) is 6.30. The molecule has 0 saturated carbocycles. The zero-order chi connectivity index (χ0) is 13.2. The van der Waals surface area contributed by atoms with Crippen molar-refractivity contribution in [3.63, 3.8) is 0 Å². The summed E-state index contributed by atoms with van der Waals surface area (Å²) in [6, 6.07) is 0. The lowest BCUT2D eigenvalue weighted by molar-refractivity contribution is -0.129. The predicted molar refractivity (Wildman–Crippen MR) is 66.2 cm³/mol. The molecule has 0 aromatic heterocycles. The van der Waals surface area contributed by atoms with Crippen molar-refractivity contribution in [3.8, 4) is 0 Å². The van der Waals surface area contributed by atoms with Crippen molar-refractivity contribution in [2.75, 3.05) is 33.7 Å². The second-order valence-corrected chi connectivity index (χ2v) is 5.98. The number of nitrogens with zero attached hydrogens (tertiary/aromatic N) is 2. The van der Waals surface area contributed by atoms with E-state index in [-0.39, 0.29) is 29.6 Å². The molecule has 98 valence electrons. The number of hydrogen-bond donors (Lipinski definition) is 1. The van der Waals surface area contributed by atoms with E-state index < -0.39 is 0 Å². The third-order valence-corrected chi connectivity index (χ3v) is 2.98. The van der Waals surface area contributed by atoms with Crippen LogP contribution in [0.5, 0.6) is 0 Å². The SMILES string of the molecule is CN(C)CC(C)(C)CN1CC(C(N)=O)CC1=O. The third kappa shape index (κ3) is 4.00. The summed E-state index contributed by atoms with van der Waals surface area (Å²) in [5.41, 5.74) is 5.26. The molecule has 1 saturated heterocycles. The molecule has 0 aromatic rings. The van der Waals surface area contributed by atoms with Crippen LogP contribution in [0.3, 0.4) is 0 Å². The Morgan fingerprint density at radius 2 is 2.12 bits per heavy atom. The summed E-state index contributed by atoms with van der Waals surface area (Å²) < 4.78 is 0. The predicted octanol–water partition coefficient (Wildman–Crippen LogP) is -0.0920. The largest absolute Gasteiger partial charge is 0.369 e. The Bertz CT molecular complexity index is 313. The number of rotatable bonds is 5. The second kappa shape index (κ2) is 5.04. The average Bonchev–Trinajstić information content (AvgIpc) is 2.44. The molecule has 0 spiro atoms. The Morgan fingerprint density at radius 1 is 1.53 bits per heavy atom. The van der Waals surface area contributed by atoms with Gasteiger partial charge in [-0.05, 0) is 19.5 Å². The van der Waals surface area contributed by atoms with Crippen molar-refractivity contribution < 1.29 is 9.59 Å². The molecule has 0 radical (unpaired) electrons. The van der Waals surface area contributed by atoms with Gasteiger partial charge in [-0.1, -0.05) is 13.8 Å². The molecule has 2 N–H and O–H groups in total. The molecule has 1 atom stereocenters. The lowest BCUT2D eigenvalue weighted by Crippen LogP contribution is -2.41. The van der Waals surface area contributed by atoms with Crippen molar-refractivity contribution in [2.24, 2.45) is 17.1 Å². The first-order valence-corrected chi connectivity index (χ1v) is 5.93. The molecule has 1 fully saturated rings. The Hall–Kier alpha value is -1.10. The summed E-state index contributed by atoms with van der Waals surface area (Å²) in [5.74, 6) is -0.635. The van der Waals surface area contributed by atoms with Gasteiger partial charge in [-0.3, -0.25) is 9.59 Å². The van der Waals surface area contributed by atoms with Gasteiger partial charge in [0, 0.05) is 26.1 Å². The van der Waals surface area contributed by atoms with Gasteiger partial charge in [0.05, 0.1) is 5.92 Å². The maximum atomic E-state index is 11.8. The number of carbonyl (C=O) groups excluding carboxylic acids is 2. The maximum Gasteiger partial charge on any atom is 0.223 e. The number of hydrogen-bond acceptors (Lipinski definition) is 3. The smallest absolute Gasteiger partial charge is 0.223 e. The molecule has 1 rings (SSSR count). The first-order valence-electron chi connectivity index (χ1n) is 5.93. The van der Waals surface area contributed by atoms with E-state index in [0.29, 0.717) is 13.1 Å². The van der Waals surface area contributed by atoms with Crippen LogP contribution in [0.2, 0.25) is 0 Å². The van der Waals surface area contributed by atoms with E-state index in [4.69, 9.17) is 5.73 Å². The highest BCUT2D eigenvalue weighted by molar-refractivity contribution is 5.88. The molecular formula is C12H23N3O2. The fraction of sp³-hybridized carbons (Fsp3) is 0.833. The first kappa shape index (κ1) is 14.0. The second-order valence-electron chi connectivity index (χ2n) is 5.98. The third-order valence-electron chi connectivity index (χ3n) is 2.98. The van der Waals surface area contributed by atoms with Gasteiger partial charge < -0.3 is 15.5 Å². The van der Waals surface area contributed by atoms with Crippen LogP contribution in [0.4, 0.5) is 0 Å². The van der Waals surface area contributed by atoms with Crippen LogP contribution in [0.1, 0.15) is 20.3 Å². The molecule has 2 amide bonds. The number of likely N-dealkylation sites (tertiary alicyclic amines) is 1. The Balaban J connectivity index is 2.58. The van der Waals surface area contributed by atoms with E-state index in [9.17, 15) is 9.59 Å². The Labute approximate surface area is 103 Å².